The quantitative estimate of drug-likeness (QED) is 0.668. The summed E-state index contributed by atoms with van der Waals surface area (Å²) in [5.41, 5.74) is 2.51. The molecular weight excluding hydrogens is 378 g/mol. The summed E-state index contributed by atoms with van der Waals surface area (Å²) in [6.45, 7) is 3.58. The zero-order valence-electron chi connectivity index (χ0n) is 15.6. The van der Waals surface area contributed by atoms with Crippen molar-refractivity contribution in [2.24, 2.45) is 0 Å². The average Bonchev–Trinajstić information content (AvgIpc) is 3.09. The Balaban J connectivity index is 1.63. The van der Waals surface area contributed by atoms with Crippen LogP contribution in [0.15, 0.2) is 48.5 Å². The molecule has 28 heavy (non-hydrogen) atoms. The predicted octanol–water partition coefficient (Wildman–Crippen LogP) is 3.16. The van der Waals surface area contributed by atoms with Crippen LogP contribution in [0.2, 0.25) is 5.02 Å². The van der Waals surface area contributed by atoms with Gasteiger partial charge in [-0.3, -0.25) is 9.59 Å². The minimum absolute atomic E-state index is 0.00536. The number of aromatic nitrogens is 3. The Hall–Kier alpha value is -3.19. The van der Waals surface area contributed by atoms with Gasteiger partial charge in [0.05, 0.1) is 12.2 Å². The molecule has 144 valence electrons. The highest BCUT2D eigenvalue weighted by molar-refractivity contribution is 6.30. The van der Waals surface area contributed by atoms with Crippen LogP contribution < -0.4 is 10.6 Å². The van der Waals surface area contributed by atoms with E-state index in [0.29, 0.717) is 10.8 Å². The maximum atomic E-state index is 12.3. The molecule has 0 saturated carbocycles. The summed E-state index contributed by atoms with van der Waals surface area (Å²) < 4.78 is 1.54. The average molecular weight is 398 g/mol. The Bertz CT molecular complexity index is 998. The van der Waals surface area contributed by atoms with Crippen molar-refractivity contribution in [3.05, 3.63) is 70.8 Å². The van der Waals surface area contributed by atoms with E-state index in [0.717, 1.165) is 23.4 Å². The molecule has 0 fully saturated rings. The summed E-state index contributed by atoms with van der Waals surface area (Å²) >= 11 is 5.90. The fraction of sp³-hybridized carbons (Fsp3) is 0.200. The molecule has 0 aliphatic carbocycles. The third-order valence-electron chi connectivity index (χ3n) is 4.13. The Kier molecular flexibility index (Phi) is 6.06. The monoisotopic (exact) mass is 397 g/mol. The number of anilines is 1. The predicted molar refractivity (Wildman–Crippen MR) is 108 cm³/mol. The number of halogens is 1. The second-order valence-electron chi connectivity index (χ2n) is 6.11. The highest BCUT2D eigenvalue weighted by atomic mass is 35.5. The summed E-state index contributed by atoms with van der Waals surface area (Å²) in [5.74, 6) is -0.291. The molecule has 2 amide bonds. The van der Waals surface area contributed by atoms with Gasteiger partial charge in [0, 0.05) is 10.7 Å². The van der Waals surface area contributed by atoms with Gasteiger partial charge in [0.1, 0.15) is 5.82 Å². The first-order chi connectivity index (χ1) is 13.5. The van der Waals surface area contributed by atoms with Crippen LogP contribution in [0, 0.1) is 6.92 Å². The van der Waals surface area contributed by atoms with E-state index in [4.69, 9.17) is 11.6 Å². The Morgan fingerprint density at radius 2 is 1.82 bits per heavy atom. The molecule has 1 aromatic heterocycles. The number of carbonyl (C=O) groups is 2. The van der Waals surface area contributed by atoms with Gasteiger partial charge in [0.2, 0.25) is 11.7 Å². The fourth-order valence-electron chi connectivity index (χ4n) is 2.70. The van der Waals surface area contributed by atoms with Gasteiger partial charge in [0.25, 0.3) is 5.91 Å². The van der Waals surface area contributed by atoms with Crippen molar-refractivity contribution in [1.82, 2.24) is 20.1 Å². The van der Waals surface area contributed by atoms with Crippen LogP contribution in [-0.4, -0.2) is 33.1 Å². The molecule has 2 N–H and O–H groups in total. The van der Waals surface area contributed by atoms with E-state index in [1.54, 1.807) is 35.9 Å². The highest BCUT2D eigenvalue weighted by Crippen LogP contribution is 2.15. The zero-order chi connectivity index (χ0) is 20.1. The molecule has 0 aliphatic heterocycles. The SMILES string of the molecule is CCc1ccccc1NC(=O)CNC(=O)c1nc(C)n(-c2ccc(Cl)cc2)n1. The fourth-order valence-corrected chi connectivity index (χ4v) is 2.82. The summed E-state index contributed by atoms with van der Waals surface area (Å²) in [6.07, 6.45) is 0.800. The smallest absolute Gasteiger partial charge is 0.291 e. The number of nitrogens with zero attached hydrogens (tertiary/aromatic N) is 3. The second kappa shape index (κ2) is 8.67. The lowest BCUT2D eigenvalue weighted by molar-refractivity contribution is -0.115. The minimum atomic E-state index is -0.519. The maximum Gasteiger partial charge on any atom is 0.291 e. The molecule has 0 radical (unpaired) electrons. The lowest BCUT2D eigenvalue weighted by atomic mass is 10.1. The number of carbonyl (C=O) groups excluding carboxylic acids is 2. The van der Waals surface area contributed by atoms with Crippen molar-refractivity contribution >= 4 is 29.1 Å². The number of amides is 2. The van der Waals surface area contributed by atoms with Gasteiger partial charge in [-0.25, -0.2) is 9.67 Å². The van der Waals surface area contributed by atoms with E-state index in [9.17, 15) is 9.59 Å². The first-order valence-corrected chi connectivity index (χ1v) is 9.21. The molecule has 0 aliphatic rings. The molecule has 8 heteroatoms. The van der Waals surface area contributed by atoms with E-state index >= 15 is 0 Å². The van der Waals surface area contributed by atoms with Crippen LogP contribution >= 0.6 is 11.6 Å². The van der Waals surface area contributed by atoms with Crippen LogP contribution in [0.25, 0.3) is 5.69 Å². The summed E-state index contributed by atoms with van der Waals surface area (Å²) in [7, 11) is 0. The van der Waals surface area contributed by atoms with Gasteiger partial charge >= 0.3 is 0 Å². The van der Waals surface area contributed by atoms with E-state index in [1.165, 1.54) is 0 Å². The molecule has 0 unspecified atom stereocenters. The van der Waals surface area contributed by atoms with E-state index in [2.05, 4.69) is 20.7 Å². The van der Waals surface area contributed by atoms with Crippen molar-refractivity contribution in [1.29, 1.82) is 0 Å². The van der Waals surface area contributed by atoms with Crippen LogP contribution in [0.4, 0.5) is 5.69 Å². The van der Waals surface area contributed by atoms with Gasteiger partial charge in [0.15, 0.2) is 0 Å². The molecule has 7 nitrogen and oxygen atoms in total. The summed E-state index contributed by atoms with van der Waals surface area (Å²) in [4.78, 5) is 28.7. The molecular formula is C20H20ClN5O2. The third-order valence-corrected chi connectivity index (χ3v) is 4.38. The molecule has 0 spiro atoms. The molecule has 0 atom stereocenters. The molecule has 2 aromatic carbocycles. The Labute approximate surface area is 167 Å². The highest BCUT2D eigenvalue weighted by Gasteiger charge is 2.16. The number of rotatable bonds is 6. The lowest BCUT2D eigenvalue weighted by Gasteiger charge is -2.09. The normalized spacial score (nSPS) is 10.5. The number of benzene rings is 2. The zero-order valence-corrected chi connectivity index (χ0v) is 16.3. The summed E-state index contributed by atoms with van der Waals surface area (Å²) in [6, 6.07) is 14.6. The number of para-hydroxylation sites is 1. The molecule has 3 rings (SSSR count). The summed E-state index contributed by atoms with van der Waals surface area (Å²) in [5, 5.41) is 10.2. The molecule has 0 bridgehead atoms. The van der Waals surface area contributed by atoms with Crippen molar-refractivity contribution in [3.8, 4) is 5.69 Å². The number of hydrogen-bond acceptors (Lipinski definition) is 4. The van der Waals surface area contributed by atoms with E-state index in [-0.39, 0.29) is 18.3 Å². The number of hydrogen-bond donors (Lipinski definition) is 2. The van der Waals surface area contributed by atoms with Crippen molar-refractivity contribution in [3.63, 3.8) is 0 Å². The number of nitrogens with one attached hydrogen (secondary N) is 2. The van der Waals surface area contributed by atoms with Gasteiger partial charge < -0.3 is 10.6 Å². The molecule has 0 saturated heterocycles. The van der Waals surface area contributed by atoms with Gasteiger partial charge in [-0.1, -0.05) is 36.7 Å². The molecule has 3 aromatic rings. The van der Waals surface area contributed by atoms with Gasteiger partial charge in [-0.2, -0.15) is 0 Å². The lowest BCUT2D eigenvalue weighted by Crippen LogP contribution is -2.33. The van der Waals surface area contributed by atoms with Crippen LogP contribution in [0.1, 0.15) is 28.9 Å². The Morgan fingerprint density at radius 1 is 1.11 bits per heavy atom. The first-order valence-electron chi connectivity index (χ1n) is 8.83. The van der Waals surface area contributed by atoms with Crippen LogP contribution in [-0.2, 0) is 11.2 Å². The van der Waals surface area contributed by atoms with Gasteiger partial charge in [-0.15, -0.1) is 5.10 Å². The molecule has 1 heterocycles. The van der Waals surface area contributed by atoms with Crippen molar-refractivity contribution < 1.29 is 9.59 Å². The van der Waals surface area contributed by atoms with Gasteiger partial charge in [-0.05, 0) is 49.2 Å². The Morgan fingerprint density at radius 3 is 2.54 bits per heavy atom. The first kappa shape index (κ1) is 19.6. The third kappa shape index (κ3) is 4.55. The maximum absolute atomic E-state index is 12.3. The van der Waals surface area contributed by atoms with Crippen molar-refractivity contribution in [2.75, 3.05) is 11.9 Å². The van der Waals surface area contributed by atoms with Crippen LogP contribution in [0.3, 0.4) is 0 Å². The topological polar surface area (TPSA) is 88.9 Å². The number of aryl methyl sites for hydroxylation is 2. The van der Waals surface area contributed by atoms with Crippen LogP contribution in [0.5, 0.6) is 0 Å². The minimum Gasteiger partial charge on any atom is -0.340 e. The van der Waals surface area contributed by atoms with E-state index < -0.39 is 5.91 Å². The largest absolute Gasteiger partial charge is 0.340 e. The van der Waals surface area contributed by atoms with Crippen molar-refractivity contribution in [2.45, 2.75) is 20.3 Å². The second-order valence-corrected chi connectivity index (χ2v) is 6.55. The van der Waals surface area contributed by atoms with E-state index in [1.807, 2.05) is 31.2 Å². The standard InChI is InChI=1S/C20H20ClN5O2/c1-3-14-6-4-5-7-17(14)24-18(27)12-22-20(28)19-23-13(2)26(25-19)16-10-8-15(21)9-11-16/h4-11H,3,12H2,1-2H3,(H,22,28)(H,24,27).